The van der Waals surface area contributed by atoms with Crippen molar-refractivity contribution in [3.05, 3.63) is 24.3 Å². The fourth-order valence-corrected chi connectivity index (χ4v) is 1.29. The second-order valence-corrected chi connectivity index (χ2v) is 3.85. The van der Waals surface area contributed by atoms with E-state index in [4.69, 9.17) is 14.2 Å². The molecule has 0 aromatic rings. The van der Waals surface area contributed by atoms with E-state index in [-0.39, 0.29) is 12.1 Å². The van der Waals surface area contributed by atoms with E-state index < -0.39 is 0 Å². The summed E-state index contributed by atoms with van der Waals surface area (Å²) in [5, 5.41) is 0. The van der Waals surface area contributed by atoms with E-state index >= 15 is 0 Å². The van der Waals surface area contributed by atoms with Crippen molar-refractivity contribution < 1.29 is 19.0 Å². The molecule has 0 aliphatic rings. The Balaban J connectivity index is 3.50. The summed E-state index contributed by atoms with van der Waals surface area (Å²) in [6.45, 7) is 4.57. The molecule has 4 heteroatoms. The summed E-state index contributed by atoms with van der Waals surface area (Å²) in [7, 11) is 1.62. The lowest BCUT2D eigenvalue weighted by Gasteiger charge is -2.10. The van der Waals surface area contributed by atoms with Crippen LogP contribution in [0.15, 0.2) is 24.3 Å². The lowest BCUT2D eigenvalue weighted by atomic mass is 10.1. The van der Waals surface area contributed by atoms with E-state index in [1.807, 2.05) is 19.1 Å². The Morgan fingerprint density at radius 1 is 1.33 bits per heavy atom. The highest BCUT2D eigenvalue weighted by Gasteiger charge is 1.99. The Bertz CT molecular complexity index is 259. The van der Waals surface area contributed by atoms with Crippen LogP contribution in [0.25, 0.3) is 0 Å². The minimum atomic E-state index is -0.302. The monoisotopic (exact) mass is 256 g/mol. The average Bonchev–Trinajstić information content (AvgIpc) is 2.35. The van der Waals surface area contributed by atoms with E-state index in [1.165, 1.54) is 6.08 Å². The predicted molar refractivity (Wildman–Crippen MR) is 71.2 cm³/mol. The first-order valence-electron chi connectivity index (χ1n) is 6.31. The van der Waals surface area contributed by atoms with Crippen molar-refractivity contribution >= 4 is 5.97 Å². The van der Waals surface area contributed by atoms with Gasteiger partial charge in [-0.05, 0) is 33.1 Å². The van der Waals surface area contributed by atoms with E-state index in [0.29, 0.717) is 13.4 Å². The molecule has 18 heavy (non-hydrogen) atoms. The highest BCUT2D eigenvalue weighted by molar-refractivity contribution is 5.82. The van der Waals surface area contributed by atoms with Gasteiger partial charge in [-0.15, -0.1) is 0 Å². The molecule has 0 amide bonds. The van der Waals surface area contributed by atoms with Crippen LogP contribution in [0.2, 0.25) is 0 Å². The molecule has 0 bridgehead atoms. The minimum Gasteiger partial charge on any atom is -0.463 e. The maximum absolute atomic E-state index is 11.0. The Labute approximate surface area is 110 Å². The van der Waals surface area contributed by atoms with Gasteiger partial charge in [0, 0.05) is 13.2 Å². The number of allylic oxidation sites excluding steroid dienone is 3. The molecule has 0 aliphatic heterocycles. The summed E-state index contributed by atoms with van der Waals surface area (Å²) in [6.07, 6.45) is 10.2. The first-order chi connectivity index (χ1) is 8.70. The van der Waals surface area contributed by atoms with Gasteiger partial charge in [0.1, 0.15) is 6.79 Å². The summed E-state index contributed by atoms with van der Waals surface area (Å²) in [5.74, 6) is -0.302. The number of ether oxygens (including phenoxy) is 3. The molecule has 0 spiro atoms. The second kappa shape index (κ2) is 12.3. The van der Waals surface area contributed by atoms with Crippen molar-refractivity contribution in [3.8, 4) is 0 Å². The van der Waals surface area contributed by atoms with Gasteiger partial charge in [0.15, 0.2) is 0 Å². The Morgan fingerprint density at radius 3 is 2.78 bits per heavy atom. The van der Waals surface area contributed by atoms with Crippen LogP contribution in [-0.4, -0.2) is 32.6 Å². The second-order valence-electron chi connectivity index (χ2n) is 3.85. The lowest BCUT2D eigenvalue weighted by Crippen LogP contribution is -2.09. The molecule has 4 nitrogen and oxygen atoms in total. The normalized spacial score (nSPS) is 13.3. The summed E-state index contributed by atoms with van der Waals surface area (Å²) >= 11 is 0. The first-order valence-corrected chi connectivity index (χ1v) is 6.31. The Kier molecular flexibility index (Phi) is 11.6. The predicted octanol–water partition coefficient (Wildman–Crippen LogP) is 2.84. The van der Waals surface area contributed by atoms with Crippen LogP contribution in [0, 0.1) is 0 Å². The van der Waals surface area contributed by atoms with Crippen molar-refractivity contribution in [2.24, 2.45) is 0 Å². The maximum Gasteiger partial charge on any atom is 0.330 e. The number of esters is 1. The fraction of sp³-hybridized carbons (Fsp3) is 0.643. The molecule has 0 N–H and O–H groups in total. The maximum atomic E-state index is 11.0. The third-order valence-electron chi connectivity index (χ3n) is 2.22. The molecule has 0 saturated heterocycles. The number of rotatable bonds is 10. The zero-order chi connectivity index (χ0) is 13.6. The van der Waals surface area contributed by atoms with Gasteiger partial charge in [-0.25, -0.2) is 4.79 Å². The quantitative estimate of drug-likeness (QED) is 0.198. The largest absolute Gasteiger partial charge is 0.463 e. The van der Waals surface area contributed by atoms with Gasteiger partial charge in [0.05, 0.1) is 12.7 Å². The number of carbonyl (C=O) groups excluding carboxylic acids is 1. The average molecular weight is 256 g/mol. The van der Waals surface area contributed by atoms with Crippen LogP contribution in [0.1, 0.15) is 33.1 Å². The van der Waals surface area contributed by atoms with E-state index in [9.17, 15) is 4.79 Å². The van der Waals surface area contributed by atoms with Gasteiger partial charge < -0.3 is 14.2 Å². The van der Waals surface area contributed by atoms with Crippen molar-refractivity contribution in [1.82, 2.24) is 0 Å². The molecule has 0 rings (SSSR count). The molecule has 1 atom stereocenters. The number of unbranched alkanes of at least 4 members (excludes halogenated alkanes) is 1. The summed E-state index contributed by atoms with van der Waals surface area (Å²) in [5.41, 5.74) is 0. The third-order valence-corrected chi connectivity index (χ3v) is 2.22. The van der Waals surface area contributed by atoms with Crippen LogP contribution >= 0.6 is 0 Å². The van der Waals surface area contributed by atoms with Gasteiger partial charge in [-0.1, -0.05) is 18.2 Å². The van der Waals surface area contributed by atoms with Gasteiger partial charge in [-0.3, -0.25) is 0 Å². The fourth-order valence-electron chi connectivity index (χ4n) is 1.29. The highest BCUT2D eigenvalue weighted by atomic mass is 16.7. The van der Waals surface area contributed by atoms with Crippen molar-refractivity contribution in [2.75, 3.05) is 20.5 Å². The molecule has 0 unspecified atom stereocenters. The van der Waals surface area contributed by atoms with Crippen LogP contribution in [0.3, 0.4) is 0 Å². The summed E-state index contributed by atoms with van der Waals surface area (Å²) in [6, 6.07) is 0. The molecule has 0 radical (unpaired) electrons. The van der Waals surface area contributed by atoms with Crippen LogP contribution in [0.4, 0.5) is 0 Å². The SMILES string of the molecule is CCOC(=O)/C=C/C=C\CCC[C@@H](C)OCOC. The molecule has 0 aliphatic carbocycles. The van der Waals surface area contributed by atoms with Gasteiger partial charge in [0.25, 0.3) is 0 Å². The lowest BCUT2D eigenvalue weighted by molar-refractivity contribution is -0.137. The third kappa shape index (κ3) is 11.4. The number of hydrogen-bond donors (Lipinski definition) is 0. The molecule has 0 aromatic carbocycles. The van der Waals surface area contributed by atoms with E-state index in [2.05, 4.69) is 0 Å². The number of carbonyl (C=O) groups is 1. The van der Waals surface area contributed by atoms with E-state index in [1.54, 1.807) is 20.1 Å². The topological polar surface area (TPSA) is 44.8 Å². The molecular formula is C14H24O4. The summed E-state index contributed by atoms with van der Waals surface area (Å²) < 4.78 is 14.9. The van der Waals surface area contributed by atoms with Crippen LogP contribution in [-0.2, 0) is 19.0 Å². The van der Waals surface area contributed by atoms with Crippen molar-refractivity contribution in [1.29, 1.82) is 0 Å². The van der Waals surface area contributed by atoms with E-state index in [0.717, 1.165) is 19.3 Å². The van der Waals surface area contributed by atoms with Gasteiger partial charge in [0.2, 0.25) is 0 Å². The Morgan fingerprint density at radius 2 is 2.11 bits per heavy atom. The molecule has 0 fully saturated rings. The Hall–Kier alpha value is -1.13. The highest BCUT2D eigenvalue weighted by Crippen LogP contribution is 2.04. The standard InChI is InChI=1S/C14H24O4/c1-4-17-14(15)11-9-7-5-6-8-10-13(2)18-12-16-3/h5,7,9,11,13H,4,6,8,10,12H2,1-3H3/b7-5-,11-9+/t13-/m1/s1. The smallest absolute Gasteiger partial charge is 0.330 e. The molecule has 104 valence electrons. The summed E-state index contributed by atoms with van der Waals surface area (Å²) in [4.78, 5) is 11.0. The first kappa shape index (κ1) is 16.9. The molecular weight excluding hydrogens is 232 g/mol. The number of methoxy groups -OCH3 is 1. The van der Waals surface area contributed by atoms with Gasteiger partial charge in [-0.2, -0.15) is 0 Å². The zero-order valence-corrected chi connectivity index (χ0v) is 11.6. The minimum absolute atomic E-state index is 0.216. The number of hydrogen-bond acceptors (Lipinski definition) is 4. The van der Waals surface area contributed by atoms with Gasteiger partial charge >= 0.3 is 5.97 Å². The molecule has 0 saturated carbocycles. The van der Waals surface area contributed by atoms with Crippen LogP contribution < -0.4 is 0 Å². The van der Waals surface area contributed by atoms with Crippen molar-refractivity contribution in [3.63, 3.8) is 0 Å². The molecule has 0 aromatic heterocycles. The van der Waals surface area contributed by atoms with Crippen LogP contribution in [0.5, 0.6) is 0 Å². The zero-order valence-electron chi connectivity index (χ0n) is 11.6. The molecule has 0 heterocycles. The van der Waals surface area contributed by atoms with Crippen molar-refractivity contribution in [2.45, 2.75) is 39.2 Å².